The molecule has 24 heteroatoms. The Balaban J connectivity index is 0.000000755. The third-order valence-electron chi connectivity index (χ3n) is 6.55. The van der Waals surface area contributed by atoms with E-state index >= 15 is 0 Å². The van der Waals surface area contributed by atoms with Crippen molar-refractivity contribution in [1.82, 2.24) is 19.4 Å². The number of hydrogen-bond donors (Lipinski definition) is 4. The number of aromatic nitrogens is 2. The van der Waals surface area contributed by atoms with E-state index in [0.29, 0.717) is 5.56 Å². The van der Waals surface area contributed by atoms with Gasteiger partial charge in [0.1, 0.15) is 23.0 Å². The number of carboxylic acid groups (broad SMARTS) is 1. The largest absolute Gasteiger partial charge is 0.573 e. The summed E-state index contributed by atoms with van der Waals surface area (Å²) in [5.41, 5.74) is -0.591. The summed E-state index contributed by atoms with van der Waals surface area (Å²) in [5, 5.41) is 7.12. The van der Waals surface area contributed by atoms with E-state index in [2.05, 4.69) is 19.4 Å². The number of aliphatic carboxylic acids is 1. The Hall–Kier alpha value is -5.10. The molecule has 1 amide bonds. The van der Waals surface area contributed by atoms with Gasteiger partial charge in [0.15, 0.2) is 0 Å². The minimum absolute atomic E-state index is 0.0461. The van der Waals surface area contributed by atoms with Gasteiger partial charge in [0.05, 0.1) is 28.3 Å². The van der Waals surface area contributed by atoms with Crippen molar-refractivity contribution in [3.8, 4) is 5.75 Å². The molecule has 1 fully saturated rings. The number of ether oxygens (including phenoxy) is 1. The van der Waals surface area contributed by atoms with Gasteiger partial charge >= 0.3 is 34.9 Å². The Bertz CT molecular complexity index is 2150. The molecule has 3 aromatic carbocycles. The first-order valence-electron chi connectivity index (χ1n) is 13.5. The van der Waals surface area contributed by atoms with Gasteiger partial charge in [0.25, 0.3) is 5.91 Å². The monoisotopic (exact) mass is 777 g/mol. The maximum atomic E-state index is 13.4. The van der Waals surface area contributed by atoms with Crippen LogP contribution < -0.4 is 18.5 Å². The standard InChI is InChI=1S/C25H19F6N5O6S2.C2HF3O2/c26-24(27,28)15-7-10-17-18(12-15)33-23(32-17)19(34-43(38,39)21-4-2-1-3-20(21)42-25(29,30)31)11-14-5-8-16(9-6-14)36-13-22(37)35-44(36,40)41;3-2(4,5)1(6)7/h1-10,12,19,34H,11,13H2,(H,32,33)(H,35,37);(H,6,7)/t19-;/m0./s1. The van der Waals surface area contributed by atoms with Crippen LogP contribution in [0.1, 0.15) is 23.0 Å². The molecular formula is C27H20F9N5O8S2. The lowest BCUT2D eigenvalue weighted by Crippen LogP contribution is -2.32. The van der Waals surface area contributed by atoms with Crippen LogP contribution in [0.15, 0.2) is 71.6 Å². The lowest BCUT2D eigenvalue weighted by molar-refractivity contribution is -0.275. The van der Waals surface area contributed by atoms with Gasteiger partial charge in [0.2, 0.25) is 10.0 Å². The van der Waals surface area contributed by atoms with Gasteiger partial charge in [-0.25, -0.2) is 31.9 Å². The molecular weight excluding hydrogens is 757 g/mol. The molecule has 1 aliphatic heterocycles. The average Bonchev–Trinajstić information content (AvgIpc) is 3.54. The fourth-order valence-corrected chi connectivity index (χ4v) is 6.89. The molecule has 1 saturated heterocycles. The van der Waals surface area contributed by atoms with Gasteiger partial charge in [-0.05, 0) is 54.4 Å². The molecule has 5 rings (SSSR count). The minimum atomic E-state index is -5.22. The van der Waals surface area contributed by atoms with Gasteiger partial charge < -0.3 is 14.8 Å². The van der Waals surface area contributed by atoms with Crippen LogP contribution in [-0.2, 0) is 42.4 Å². The number of carboxylic acids is 1. The van der Waals surface area contributed by atoms with Gasteiger partial charge in [-0.15, -0.1) is 13.2 Å². The van der Waals surface area contributed by atoms with Crippen LogP contribution in [0, 0.1) is 0 Å². The summed E-state index contributed by atoms with van der Waals surface area (Å²) in [6.45, 7) is -0.470. The van der Waals surface area contributed by atoms with Crippen LogP contribution in [0.25, 0.3) is 11.0 Å². The molecule has 2 heterocycles. The third-order valence-corrected chi connectivity index (χ3v) is 9.46. The number of aromatic amines is 1. The first-order chi connectivity index (χ1) is 23.4. The third kappa shape index (κ3) is 9.78. The van der Waals surface area contributed by atoms with E-state index < -0.39 is 79.6 Å². The number of para-hydroxylation sites is 1. The highest BCUT2D eigenvalue weighted by Crippen LogP contribution is 2.33. The number of amides is 1. The zero-order chi connectivity index (χ0) is 38.2. The molecule has 1 atom stereocenters. The molecule has 4 N–H and O–H groups in total. The highest BCUT2D eigenvalue weighted by molar-refractivity contribution is 7.92. The van der Waals surface area contributed by atoms with Crippen molar-refractivity contribution < 1.29 is 75.8 Å². The fraction of sp³-hybridized carbons (Fsp3) is 0.222. The van der Waals surface area contributed by atoms with Crippen LogP contribution in [0.3, 0.4) is 0 Å². The maximum absolute atomic E-state index is 13.4. The van der Waals surface area contributed by atoms with Crippen molar-refractivity contribution in [3.63, 3.8) is 0 Å². The second-order valence-corrected chi connectivity index (χ2v) is 13.5. The van der Waals surface area contributed by atoms with Crippen LogP contribution in [0.5, 0.6) is 5.75 Å². The van der Waals surface area contributed by atoms with Crippen LogP contribution in [0.4, 0.5) is 45.2 Å². The summed E-state index contributed by atoms with van der Waals surface area (Å²) in [7, 11) is -8.90. The lowest BCUT2D eigenvalue weighted by atomic mass is 10.1. The number of alkyl halides is 9. The number of imidazole rings is 1. The van der Waals surface area contributed by atoms with E-state index in [1.165, 1.54) is 24.3 Å². The number of carbonyl (C=O) groups excluding carboxylic acids is 1. The highest BCUT2D eigenvalue weighted by Gasteiger charge is 2.39. The zero-order valence-corrected chi connectivity index (χ0v) is 26.4. The number of nitrogens with zero attached hydrogens (tertiary/aromatic N) is 2. The van der Waals surface area contributed by atoms with E-state index in [9.17, 15) is 61.1 Å². The summed E-state index contributed by atoms with van der Waals surface area (Å²) in [5.74, 6) is -4.70. The van der Waals surface area contributed by atoms with E-state index in [1.807, 2.05) is 4.72 Å². The molecule has 4 aromatic rings. The SMILES string of the molecule is O=C(O)C(F)(F)F.O=C1CN(c2ccc(C[C@H](NS(=O)(=O)c3ccccc3OC(F)(F)F)c3nc4ccc(C(F)(F)F)cc4[nH]3)cc2)S(=O)(=O)N1. The van der Waals surface area contributed by atoms with Crippen LogP contribution in [-0.4, -0.2) is 62.9 Å². The predicted molar refractivity (Wildman–Crippen MR) is 156 cm³/mol. The average molecular weight is 778 g/mol. The molecule has 0 spiro atoms. The molecule has 0 unspecified atom stereocenters. The van der Waals surface area contributed by atoms with Crippen LogP contribution in [0.2, 0.25) is 0 Å². The van der Waals surface area contributed by atoms with Crippen molar-refractivity contribution in [1.29, 1.82) is 0 Å². The number of fused-ring (bicyclic) bond motifs is 1. The smallest absolute Gasteiger partial charge is 0.475 e. The quantitative estimate of drug-likeness (QED) is 0.186. The summed E-state index contributed by atoms with van der Waals surface area (Å²) < 4.78 is 170. The molecule has 0 aliphatic carbocycles. The van der Waals surface area contributed by atoms with E-state index in [-0.39, 0.29) is 29.0 Å². The topological polar surface area (TPSA) is 188 Å². The van der Waals surface area contributed by atoms with Crippen molar-refractivity contribution >= 4 is 48.8 Å². The first-order valence-corrected chi connectivity index (χ1v) is 16.4. The molecule has 0 saturated carbocycles. The predicted octanol–water partition coefficient (Wildman–Crippen LogP) is 4.56. The van der Waals surface area contributed by atoms with Gasteiger partial charge in [0, 0.05) is 0 Å². The van der Waals surface area contributed by atoms with Gasteiger partial charge in [-0.3, -0.25) is 4.79 Å². The van der Waals surface area contributed by atoms with Crippen molar-refractivity contribution in [3.05, 3.63) is 83.7 Å². The summed E-state index contributed by atoms with van der Waals surface area (Å²) in [6, 6.07) is 10.7. The van der Waals surface area contributed by atoms with E-state index in [1.54, 1.807) is 0 Å². The number of benzene rings is 3. The number of hydrogen-bond acceptors (Lipinski definition) is 8. The second-order valence-electron chi connectivity index (χ2n) is 10.2. The molecule has 51 heavy (non-hydrogen) atoms. The Labute approximate surface area is 280 Å². The summed E-state index contributed by atoms with van der Waals surface area (Å²) in [6.07, 6.45) is -15.2. The van der Waals surface area contributed by atoms with Gasteiger partial charge in [-0.2, -0.15) is 34.8 Å². The Morgan fingerprint density at radius 1 is 0.980 bits per heavy atom. The number of carbonyl (C=O) groups is 2. The molecule has 1 aliphatic rings. The van der Waals surface area contributed by atoms with E-state index in [0.717, 1.165) is 46.8 Å². The Kier molecular flexibility index (Phi) is 10.5. The fourth-order valence-electron chi connectivity index (χ4n) is 4.41. The molecule has 1 aromatic heterocycles. The molecule has 0 bridgehead atoms. The molecule has 276 valence electrons. The summed E-state index contributed by atoms with van der Waals surface area (Å²) in [4.78, 5) is 26.4. The Morgan fingerprint density at radius 2 is 1.59 bits per heavy atom. The number of sulfonamides is 1. The van der Waals surface area contributed by atoms with Crippen molar-refractivity contribution in [2.45, 2.75) is 36.1 Å². The molecule has 0 radical (unpaired) electrons. The minimum Gasteiger partial charge on any atom is -0.475 e. The van der Waals surface area contributed by atoms with E-state index in [4.69, 9.17) is 9.90 Å². The number of halogens is 9. The Morgan fingerprint density at radius 3 is 2.12 bits per heavy atom. The number of anilines is 1. The van der Waals surface area contributed by atoms with Crippen LogP contribution >= 0.6 is 0 Å². The number of rotatable bonds is 8. The normalized spacial score (nSPS) is 15.5. The lowest BCUT2D eigenvalue weighted by Gasteiger charge is -2.20. The maximum Gasteiger partial charge on any atom is 0.573 e. The number of nitrogens with one attached hydrogen (secondary N) is 3. The van der Waals surface area contributed by atoms with Crippen molar-refractivity contribution in [2.75, 3.05) is 10.8 Å². The number of H-pyrrole nitrogens is 1. The van der Waals surface area contributed by atoms with Crippen molar-refractivity contribution in [2.24, 2.45) is 0 Å². The highest BCUT2D eigenvalue weighted by atomic mass is 32.2. The first kappa shape index (κ1) is 38.7. The summed E-state index contributed by atoms with van der Waals surface area (Å²) >= 11 is 0. The molecule has 13 nitrogen and oxygen atoms in total. The second kappa shape index (κ2) is 13.9. The van der Waals surface area contributed by atoms with Gasteiger partial charge in [-0.1, -0.05) is 24.3 Å². The zero-order valence-electron chi connectivity index (χ0n) is 24.8.